The van der Waals surface area contributed by atoms with Crippen LogP contribution in [0.3, 0.4) is 0 Å². The minimum atomic E-state index is 0.617. The molecule has 0 spiro atoms. The van der Waals surface area contributed by atoms with Crippen molar-refractivity contribution in [2.45, 2.75) is 51.5 Å². The van der Waals surface area contributed by atoms with Crippen LogP contribution >= 0.6 is 11.8 Å². The summed E-state index contributed by atoms with van der Waals surface area (Å²) in [5, 5.41) is 3.77. The topological polar surface area (TPSA) is 12.0 Å². The number of thioether (sulfide) groups is 1. The van der Waals surface area contributed by atoms with Crippen molar-refractivity contribution in [1.82, 2.24) is 5.32 Å². The number of hydrogen-bond donors (Lipinski definition) is 1. The Labute approximate surface area is 92.4 Å². The molecule has 1 aliphatic carbocycles. The van der Waals surface area contributed by atoms with Crippen LogP contribution in [-0.4, -0.2) is 24.1 Å². The Morgan fingerprint density at radius 3 is 2.71 bits per heavy atom. The molecule has 0 aromatic carbocycles. The first-order valence-electron chi connectivity index (χ1n) is 6.10. The molecule has 0 radical (unpaired) electrons. The van der Waals surface area contributed by atoms with Crippen LogP contribution in [0.1, 0.15) is 45.4 Å². The second-order valence-electron chi connectivity index (χ2n) is 5.31. The number of nitrogens with one attached hydrogen (secondary N) is 1. The highest BCUT2D eigenvalue weighted by molar-refractivity contribution is 7.99. The molecular formula is C12H23NS. The lowest BCUT2D eigenvalue weighted by Crippen LogP contribution is -2.39. The minimum absolute atomic E-state index is 0.617. The summed E-state index contributed by atoms with van der Waals surface area (Å²) in [6.07, 6.45) is 8.66. The van der Waals surface area contributed by atoms with Gasteiger partial charge >= 0.3 is 0 Å². The fourth-order valence-corrected chi connectivity index (χ4v) is 3.86. The molecule has 0 aromatic heterocycles. The molecular weight excluding hydrogens is 190 g/mol. The predicted octanol–water partition coefficient (Wildman–Crippen LogP) is 3.05. The van der Waals surface area contributed by atoms with Crippen molar-refractivity contribution in [2.24, 2.45) is 5.41 Å². The zero-order chi connectivity index (χ0) is 9.86. The van der Waals surface area contributed by atoms with E-state index >= 15 is 0 Å². The zero-order valence-corrected chi connectivity index (χ0v) is 10.2. The van der Waals surface area contributed by atoms with E-state index in [1.807, 2.05) is 0 Å². The van der Waals surface area contributed by atoms with Crippen LogP contribution in [0.4, 0.5) is 0 Å². The molecule has 1 N–H and O–H groups in total. The molecule has 1 heterocycles. The highest BCUT2D eigenvalue weighted by atomic mass is 32.2. The molecule has 2 aliphatic rings. The van der Waals surface area contributed by atoms with Crippen molar-refractivity contribution >= 4 is 11.8 Å². The van der Waals surface area contributed by atoms with Crippen molar-refractivity contribution in [2.75, 3.05) is 18.1 Å². The summed E-state index contributed by atoms with van der Waals surface area (Å²) >= 11 is 2.11. The van der Waals surface area contributed by atoms with Crippen LogP contribution in [0.2, 0.25) is 0 Å². The third-order valence-electron chi connectivity index (χ3n) is 3.81. The maximum absolute atomic E-state index is 3.77. The predicted molar refractivity (Wildman–Crippen MR) is 64.9 cm³/mol. The monoisotopic (exact) mass is 213 g/mol. The molecule has 1 atom stereocenters. The van der Waals surface area contributed by atoms with E-state index in [1.165, 1.54) is 56.6 Å². The van der Waals surface area contributed by atoms with E-state index in [0.29, 0.717) is 5.41 Å². The van der Waals surface area contributed by atoms with E-state index in [1.54, 1.807) is 0 Å². The standard InChI is InChI=1S/C12H23NS/c1-12(6-3-2-4-7-12)10-13-11-5-8-14-9-11/h11,13H,2-10H2,1H3. The molecule has 14 heavy (non-hydrogen) atoms. The fraction of sp³-hybridized carbons (Fsp3) is 1.00. The Bertz CT molecular complexity index is 169. The van der Waals surface area contributed by atoms with E-state index in [2.05, 4.69) is 24.0 Å². The zero-order valence-electron chi connectivity index (χ0n) is 9.35. The summed E-state index contributed by atoms with van der Waals surface area (Å²) in [7, 11) is 0. The van der Waals surface area contributed by atoms with Gasteiger partial charge in [-0.2, -0.15) is 11.8 Å². The van der Waals surface area contributed by atoms with Gasteiger partial charge < -0.3 is 5.32 Å². The van der Waals surface area contributed by atoms with Crippen molar-refractivity contribution in [3.8, 4) is 0 Å². The SMILES string of the molecule is CC1(CNC2CCSC2)CCCCC1. The molecule has 1 nitrogen and oxygen atoms in total. The average Bonchev–Trinajstić information content (AvgIpc) is 2.69. The lowest BCUT2D eigenvalue weighted by atomic mass is 9.75. The van der Waals surface area contributed by atoms with Gasteiger partial charge in [-0.15, -0.1) is 0 Å². The third-order valence-corrected chi connectivity index (χ3v) is 4.97. The summed E-state index contributed by atoms with van der Waals surface area (Å²) in [6, 6.07) is 0.818. The van der Waals surface area contributed by atoms with Gasteiger partial charge in [-0.1, -0.05) is 26.2 Å². The van der Waals surface area contributed by atoms with Crippen LogP contribution in [0.25, 0.3) is 0 Å². The lowest BCUT2D eigenvalue weighted by Gasteiger charge is -2.34. The summed E-state index contributed by atoms with van der Waals surface area (Å²) in [6.45, 7) is 3.74. The Hall–Kier alpha value is 0.310. The molecule has 2 heteroatoms. The molecule has 82 valence electrons. The van der Waals surface area contributed by atoms with Gasteiger partial charge in [0.2, 0.25) is 0 Å². The first-order chi connectivity index (χ1) is 6.79. The van der Waals surface area contributed by atoms with Gasteiger partial charge in [-0.3, -0.25) is 0 Å². The van der Waals surface area contributed by atoms with E-state index in [9.17, 15) is 0 Å². The Morgan fingerprint density at radius 1 is 1.29 bits per heavy atom. The van der Waals surface area contributed by atoms with Crippen molar-refractivity contribution in [3.05, 3.63) is 0 Å². The van der Waals surface area contributed by atoms with Gasteiger partial charge in [0, 0.05) is 18.3 Å². The molecule has 1 unspecified atom stereocenters. The van der Waals surface area contributed by atoms with E-state index in [0.717, 1.165) is 6.04 Å². The van der Waals surface area contributed by atoms with Gasteiger partial charge in [-0.25, -0.2) is 0 Å². The molecule has 0 aromatic rings. The fourth-order valence-electron chi connectivity index (χ4n) is 2.67. The lowest BCUT2D eigenvalue weighted by molar-refractivity contribution is 0.202. The van der Waals surface area contributed by atoms with Crippen LogP contribution in [0.15, 0.2) is 0 Å². The van der Waals surface area contributed by atoms with Gasteiger partial charge in [0.1, 0.15) is 0 Å². The number of hydrogen-bond acceptors (Lipinski definition) is 2. The summed E-state index contributed by atoms with van der Waals surface area (Å²) in [5.41, 5.74) is 0.617. The summed E-state index contributed by atoms with van der Waals surface area (Å²) < 4.78 is 0. The minimum Gasteiger partial charge on any atom is -0.313 e. The molecule has 1 saturated heterocycles. The smallest absolute Gasteiger partial charge is 0.0166 e. The Kier molecular flexibility index (Phi) is 3.78. The second kappa shape index (κ2) is 4.89. The maximum Gasteiger partial charge on any atom is 0.0166 e. The quantitative estimate of drug-likeness (QED) is 0.773. The number of rotatable bonds is 3. The molecule has 2 rings (SSSR count). The normalized spacial score (nSPS) is 31.9. The van der Waals surface area contributed by atoms with Crippen molar-refractivity contribution in [1.29, 1.82) is 0 Å². The largest absolute Gasteiger partial charge is 0.313 e. The van der Waals surface area contributed by atoms with Gasteiger partial charge in [0.15, 0.2) is 0 Å². The summed E-state index contributed by atoms with van der Waals surface area (Å²) in [4.78, 5) is 0. The van der Waals surface area contributed by atoms with Gasteiger partial charge in [-0.05, 0) is 30.4 Å². The van der Waals surface area contributed by atoms with Crippen molar-refractivity contribution in [3.63, 3.8) is 0 Å². The Morgan fingerprint density at radius 2 is 2.07 bits per heavy atom. The third kappa shape index (κ3) is 2.90. The van der Waals surface area contributed by atoms with Gasteiger partial charge in [0.05, 0.1) is 0 Å². The first kappa shape index (κ1) is 10.8. The molecule has 0 amide bonds. The Balaban J connectivity index is 1.72. The van der Waals surface area contributed by atoms with E-state index in [-0.39, 0.29) is 0 Å². The van der Waals surface area contributed by atoms with Crippen molar-refractivity contribution < 1.29 is 0 Å². The molecule has 2 fully saturated rings. The van der Waals surface area contributed by atoms with Crippen LogP contribution < -0.4 is 5.32 Å². The second-order valence-corrected chi connectivity index (χ2v) is 6.46. The molecule has 1 aliphatic heterocycles. The molecule has 0 bridgehead atoms. The summed E-state index contributed by atoms with van der Waals surface area (Å²) in [5.74, 6) is 2.71. The highest BCUT2D eigenvalue weighted by Crippen LogP contribution is 2.35. The van der Waals surface area contributed by atoms with E-state index < -0.39 is 0 Å². The average molecular weight is 213 g/mol. The first-order valence-corrected chi connectivity index (χ1v) is 7.25. The van der Waals surface area contributed by atoms with Gasteiger partial charge in [0.25, 0.3) is 0 Å². The van der Waals surface area contributed by atoms with E-state index in [4.69, 9.17) is 0 Å². The van der Waals surface area contributed by atoms with Crippen LogP contribution in [0.5, 0.6) is 0 Å². The molecule has 1 saturated carbocycles. The highest BCUT2D eigenvalue weighted by Gasteiger charge is 2.27. The van der Waals surface area contributed by atoms with Crippen LogP contribution in [-0.2, 0) is 0 Å². The van der Waals surface area contributed by atoms with Crippen LogP contribution in [0, 0.1) is 5.41 Å². The maximum atomic E-state index is 3.77.